The van der Waals surface area contributed by atoms with E-state index in [0.717, 1.165) is 24.2 Å². The Morgan fingerprint density at radius 1 is 1.25 bits per heavy atom. The first kappa shape index (κ1) is 27.6. The van der Waals surface area contributed by atoms with Crippen LogP contribution in [0.3, 0.4) is 0 Å². The van der Waals surface area contributed by atoms with E-state index in [-0.39, 0.29) is 27.7 Å². The Morgan fingerprint density at radius 3 is 2.47 bits per heavy atom. The molecule has 36 heavy (non-hydrogen) atoms. The lowest BCUT2D eigenvalue weighted by molar-refractivity contribution is -0.154. The van der Waals surface area contributed by atoms with Crippen LogP contribution in [0.4, 0.5) is 32.0 Å². The largest absolute Gasteiger partial charge is 0.467 e. The molecule has 1 aromatic carbocycles. The van der Waals surface area contributed by atoms with Crippen molar-refractivity contribution in [3.63, 3.8) is 0 Å². The summed E-state index contributed by atoms with van der Waals surface area (Å²) in [5, 5.41) is 2.39. The second-order valence-electron chi connectivity index (χ2n) is 8.66. The molecule has 196 valence electrons. The molecule has 14 heteroatoms. The van der Waals surface area contributed by atoms with Gasteiger partial charge < -0.3 is 15.8 Å². The smallest absolute Gasteiger partial charge is 0.422 e. The number of thioether (sulfide) groups is 1. The molecule has 2 aromatic rings. The summed E-state index contributed by atoms with van der Waals surface area (Å²) >= 11 is 0.728. The maximum Gasteiger partial charge on any atom is 0.422 e. The fourth-order valence-electron chi connectivity index (χ4n) is 3.82. The van der Waals surface area contributed by atoms with Gasteiger partial charge in [-0.2, -0.15) is 13.2 Å². The lowest BCUT2D eigenvalue weighted by atomic mass is 9.73. The molecule has 3 atom stereocenters. The van der Waals surface area contributed by atoms with Gasteiger partial charge >= 0.3 is 6.18 Å². The topological polar surface area (TPSA) is 102 Å². The van der Waals surface area contributed by atoms with Crippen LogP contribution in [0.2, 0.25) is 0 Å². The predicted octanol–water partition coefficient (Wildman–Crippen LogP) is 5.05. The summed E-state index contributed by atoms with van der Waals surface area (Å²) in [5.74, 6) is -2.77. The first-order valence-corrected chi connectivity index (χ1v) is 11.3. The average Bonchev–Trinajstić information content (AvgIpc) is 2.78. The lowest BCUT2D eigenvalue weighted by Crippen LogP contribution is -2.52. The van der Waals surface area contributed by atoms with E-state index >= 15 is 4.39 Å². The quantitative estimate of drug-likeness (QED) is 0.502. The summed E-state index contributed by atoms with van der Waals surface area (Å²) in [7, 11) is 0. The number of rotatable bonds is 6. The van der Waals surface area contributed by atoms with Gasteiger partial charge in [-0.05, 0) is 38.5 Å². The number of alkyl halides is 5. The first-order chi connectivity index (χ1) is 16.6. The van der Waals surface area contributed by atoms with Crippen LogP contribution >= 0.6 is 11.8 Å². The number of nitrogens with two attached hydrogens (primary N) is 1. The van der Waals surface area contributed by atoms with Crippen LogP contribution in [-0.4, -0.2) is 45.0 Å². The molecule has 0 spiro atoms. The molecule has 0 radical (unpaired) electrons. The fraction of sp³-hybridized carbons (Fsp3) is 0.455. The molecule has 3 N–H and O–H groups in total. The highest BCUT2D eigenvalue weighted by molar-refractivity contribution is 8.15. The molecule has 0 fully saturated rings. The number of nitrogens with one attached hydrogen (secondary N) is 1. The van der Waals surface area contributed by atoms with Crippen molar-refractivity contribution >= 4 is 28.5 Å². The van der Waals surface area contributed by atoms with Crippen LogP contribution in [-0.2, 0) is 5.54 Å². The molecule has 0 saturated carbocycles. The van der Waals surface area contributed by atoms with E-state index in [1.54, 1.807) is 0 Å². The number of aromatic nitrogens is 2. The first-order valence-electron chi connectivity index (χ1n) is 10.5. The minimum atomic E-state index is -4.57. The van der Waals surface area contributed by atoms with Crippen molar-refractivity contribution in [2.24, 2.45) is 16.6 Å². The number of amides is 1. The molecule has 2 heterocycles. The third-order valence-electron chi connectivity index (χ3n) is 6.11. The Morgan fingerprint density at radius 2 is 1.92 bits per heavy atom. The number of hydrogen-bond acceptors (Lipinski definition) is 7. The highest BCUT2D eigenvalue weighted by atomic mass is 32.2. The summed E-state index contributed by atoms with van der Waals surface area (Å²) < 4.78 is 82.8. The summed E-state index contributed by atoms with van der Waals surface area (Å²) in [6.07, 6.45) is -5.58. The Bertz CT molecular complexity index is 1180. The van der Waals surface area contributed by atoms with Gasteiger partial charge in [0.2, 0.25) is 5.88 Å². The van der Waals surface area contributed by atoms with Gasteiger partial charge in [0.15, 0.2) is 11.8 Å². The number of carbonyl (C=O) groups is 1. The zero-order valence-corrected chi connectivity index (χ0v) is 20.4. The van der Waals surface area contributed by atoms with Gasteiger partial charge in [-0.1, -0.05) is 18.7 Å². The van der Waals surface area contributed by atoms with Crippen LogP contribution in [0.25, 0.3) is 0 Å². The number of benzene rings is 1. The van der Waals surface area contributed by atoms with Crippen molar-refractivity contribution in [2.45, 2.75) is 50.6 Å². The Labute approximate surface area is 206 Å². The minimum Gasteiger partial charge on any atom is -0.467 e. The third-order valence-corrected chi connectivity index (χ3v) is 7.38. The zero-order valence-electron chi connectivity index (χ0n) is 19.6. The molecule has 1 aliphatic rings. The number of aliphatic imine (C=N–C) groups is 1. The summed E-state index contributed by atoms with van der Waals surface area (Å²) in [6.45, 7) is 4.24. The fourth-order valence-corrected chi connectivity index (χ4v) is 5.00. The number of ether oxygens (including phenoxy) is 1. The molecule has 1 amide bonds. The summed E-state index contributed by atoms with van der Waals surface area (Å²) in [6, 6.07) is 2.61. The van der Waals surface area contributed by atoms with Crippen molar-refractivity contribution in [2.75, 3.05) is 11.9 Å². The number of anilines is 1. The zero-order chi connectivity index (χ0) is 27.1. The molecule has 0 bridgehead atoms. The van der Waals surface area contributed by atoms with E-state index in [1.165, 1.54) is 39.8 Å². The summed E-state index contributed by atoms with van der Waals surface area (Å²) in [4.78, 5) is 24.3. The Hall–Kier alpha value is -3.03. The van der Waals surface area contributed by atoms with Crippen LogP contribution in [0, 0.1) is 18.7 Å². The number of carbonyl (C=O) groups excluding carboxylic acids is 1. The Balaban J connectivity index is 1.90. The van der Waals surface area contributed by atoms with E-state index in [4.69, 9.17) is 5.73 Å². The third kappa shape index (κ3) is 5.52. The van der Waals surface area contributed by atoms with Gasteiger partial charge in [-0.3, -0.25) is 9.79 Å². The number of halogens is 6. The van der Waals surface area contributed by atoms with Crippen LogP contribution in [0.1, 0.15) is 42.4 Å². The van der Waals surface area contributed by atoms with E-state index in [2.05, 4.69) is 25.0 Å². The van der Waals surface area contributed by atoms with Crippen LogP contribution < -0.4 is 15.8 Å². The normalized spacial score (nSPS) is 24.4. The van der Waals surface area contributed by atoms with E-state index in [9.17, 15) is 26.7 Å². The van der Waals surface area contributed by atoms with Crippen LogP contribution in [0.15, 0.2) is 29.5 Å². The monoisotopic (exact) mass is 535 g/mol. The molecule has 0 aliphatic carbocycles. The molecule has 0 saturated heterocycles. The molecule has 0 unspecified atom stereocenters. The van der Waals surface area contributed by atoms with Crippen molar-refractivity contribution < 1.29 is 35.9 Å². The lowest BCUT2D eigenvalue weighted by Gasteiger charge is -2.47. The maximum absolute atomic E-state index is 15.3. The number of hydrogen-bond donors (Lipinski definition) is 2. The highest BCUT2D eigenvalue weighted by Gasteiger charge is 2.54. The molecular formula is C22H23F6N5O2S. The molecule has 7 nitrogen and oxygen atoms in total. The molecule has 1 aliphatic heterocycles. The van der Waals surface area contributed by atoms with Gasteiger partial charge in [-0.25, -0.2) is 23.1 Å². The molecular weight excluding hydrogens is 512 g/mol. The number of amidine groups is 1. The van der Waals surface area contributed by atoms with E-state index in [0.29, 0.717) is 0 Å². The minimum absolute atomic E-state index is 0.0394. The van der Waals surface area contributed by atoms with Gasteiger partial charge in [-0.15, -0.1) is 0 Å². The van der Waals surface area contributed by atoms with Crippen molar-refractivity contribution in [3.05, 3.63) is 47.2 Å². The number of aryl methyl sites for hydroxylation is 1. The molecule has 3 rings (SSSR count). The highest BCUT2D eigenvalue weighted by Crippen LogP contribution is 2.53. The summed E-state index contributed by atoms with van der Waals surface area (Å²) in [5.41, 5.74) is 4.33. The second kappa shape index (κ2) is 9.79. The average molecular weight is 536 g/mol. The van der Waals surface area contributed by atoms with Gasteiger partial charge in [0.05, 0.1) is 22.7 Å². The van der Waals surface area contributed by atoms with Gasteiger partial charge in [0, 0.05) is 17.2 Å². The van der Waals surface area contributed by atoms with Gasteiger partial charge in [0.25, 0.3) is 12.3 Å². The molecule has 1 aromatic heterocycles. The predicted molar refractivity (Wildman–Crippen MR) is 123 cm³/mol. The van der Waals surface area contributed by atoms with Crippen LogP contribution in [0.5, 0.6) is 5.88 Å². The van der Waals surface area contributed by atoms with Crippen molar-refractivity contribution in [1.29, 1.82) is 0 Å². The SMILES string of the molecule is Cc1cc(NC(=O)c2cnc(OCC(F)(F)F)cn2)cc([C@@]2(C)N=C(N)S[C@](C)(C(F)F)[C@H]2C)c1F. The number of nitrogens with zero attached hydrogens (tertiary/aromatic N) is 3. The standard InChI is InChI=1S/C22H23F6N5O2S/c1-10-5-12(32-17(34)14-7-31-15(8-30-14)35-9-22(26,27)28)6-13(16(10)23)20(3)11(2)21(4,18(24)25)36-19(29)33-20/h5-8,11,18H,9H2,1-4H3,(H2,29,33)(H,32,34)/t11-,20-,21-/m0/s1. The van der Waals surface area contributed by atoms with Crippen molar-refractivity contribution in [1.82, 2.24) is 9.97 Å². The van der Waals surface area contributed by atoms with Gasteiger partial charge in [0.1, 0.15) is 11.5 Å². The second-order valence-corrected chi connectivity index (χ2v) is 10.2. The maximum atomic E-state index is 15.3. The van der Waals surface area contributed by atoms with E-state index < -0.39 is 53.0 Å². The Kier molecular flexibility index (Phi) is 7.49. The van der Waals surface area contributed by atoms with Crippen molar-refractivity contribution in [3.8, 4) is 5.88 Å². The van der Waals surface area contributed by atoms with E-state index in [1.807, 2.05) is 0 Å².